The van der Waals surface area contributed by atoms with Crippen molar-refractivity contribution in [2.45, 2.75) is 13.1 Å². The molecule has 0 aliphatic carbocycles. The van der Waals surface area contributed by atoms with Crippen LogP contribution in [0.5, 0.6) is 0 Å². The number of halogens is 3. The van der Waals surface area contributed by atoms with Gasteiger partial charge in [0.1, 0.15) is 9.21 Å². The molecule has 138 valence electrons. The average Bonchev–Trinajstić information content (AvgIpc) is 3.24. The normalized spacial score (nSPS) is 10.3. The van der Waals surface area contributed by atoms with Gasteiger partial charge in [0.2, 0.25) is 0 Å². The molecule has 0 saturated carbocycles. The van der Waals surface area contributed by atoms with Crippen LogP contribution in [0.4, 0.5) is 0 Å². The Labute approximate surface area is 182 Å². The van der Waals surface area contributed by atoms with Gasteiger partial charge < -0.3 is 0 Å². The summed E-state index contributed by atoms with van der Waals surface area (Å²) in [4.78, 5) is 0. The number of benzene rings is 2. The van der Waals surface area contributed by atoms with Gasteiger partial charge in [-0.25, -0.2) is 9.36 Å². The highest BCUT2D eigenvalue weighted by molar-refractivity contribution is 9.13. The zero-order valence-corrected chi connectivity index (χ0v) is 18.8. The lowest BCUT2D eigenvalue weighted by atomic mass is 10.2. The van der Waals surface area contributed by atoms with Gasteiger partial charge in [-0.2, -0.15) is 0 Å². The van der Waals surface area contributed by atoms with E-state index in [-0.39, 0.29) is 0 Å². The van der Waals surface area contributed by atoms with E-state index < -0.39 is 0 Å². The van der Waals surface area contributed by atoms with Crippen LogP contribution in [0.3, 0.4) is 0 Å². The third kappa shape index (κ3) is 6.08. The maximum atomic E-state index is 3.98. The highest BCUT2D eigenvalue weighted by atomic mass is 79.9. The van der Waals surface area contributed by atoms with E-state index in [2.05, 4.69) is 92.7 Å². The van der Waals surface area contributed by atoms with Crippen molar-refractivity contribution in [2.75, 3.05) is 0 Å². The molecule has 0 aliphatic heterocycles. The van der Waals surface area contributed by atoms with E-state index in [0.29, 0.717) is 0 Å². The Balaban J connectivity index is 0.000000156. The molecule has 0 spiro atoms. The van der Waals surface area contributed by atoms with E-state index in [1.165, 1.54) is 11.1 Å². The van der Waals surface area contributed by atoms with E-state index in [9.17, 15) is 0 Å². The van der Waals surface area contributed by atoms with Crippen LogP contribution in [0.2, 0.25) is 0 Å². The van der Waals surface area contributed by atoms with Crippen molar-refractivity contribution in [3.63, 3.8) is 0 Å². The van der Waals surface area contributed by atoms with Gasteiger partial charge in [0.25, 0.3) is 0 Å². The number of aromatic nitrogens is 6. The Hall–Kier alpha value is -1.84. The Bertz CT molecular complexity index is 969. The first-order valence-corrected chi connectivity index (χ1v) is 10.4. The monoisotopic (exact) mass is 552 g/mol. The number of nitrogens with zero attached hydrogens (tertiary/aromatic N) is 6. The van der Waals surface area contributed by atoms with Crippen molar-refractivity contribution < 1.29 is 0 Å². The number of hydrogen-bond acceptors (Lipinski definition) is 4. The second-order valence-corrected chi connectivity index (χ2v) is 7.85. The predicted octanol–water partition coefficient (Wildman–Crippen LogP) is 4.94. The van der Waals surface area contributed by atoms with Gasteiger partial charge in [-0.3, -0.25) is 0 Å². The fourth-order valence-electron chi connectivity index (χ4n) is 2.26. The summed E-state index contributed by atoms with van der Waals surface area (Å²) in [6.45, 7) is 1.49. The molecule has 0 saturated heterocycles. The topological polar surface area (TPSA) is 61.4 Å². The smallest absolute Gasteiger partial charge is 0.162 e. The van der Waals surface area contributed by atoms with Gasteiger partial charge in [-0.1, -0.05) is 71.1 Å². The van der Waals surface area contributed by atoms with Gasteiger partial charge in [0.15, 0.2) is 4.60 Å². The van der Waals surface area contributed by atoms with Gasteiger partial charge in [0.05, 0.1) is 19.3 Å². The Morgan fingerprint density at radius 2 is 1.30 bits per heavy atom. The molecule has 4 aromatic rings. The molecule has 2 heterocycles. The highest BCUT2D eigenvalue weighted by Gasteiger charge is 2.06. The van der Waals surface area contributed by atoms with E-state index >= 15 is 0 Å². The van der Waals surface area contributed by atoms with Crippen LogP contribution in [0.15, 0.2) is 80.7 Å². The van der Waals surface area contributed by atoms with E-state index in [4.69, 9.17) is 0 Å². The lowest BCUT2D eigenvalue weighted by molar-refractivity contribution is 0.638. The SMILES string of the molecule is Brc1cn(Cc2ccccc2)nn1.Brc1nnn(Cc2ccccc2)c1Br. The molecule has 2 aromatic carbocycles. The highest BCUT2D eigenvalue weighted by Crippen LogP contribution is 2.20. The first-order chi connectivity index (χ1) is 13.1. The molecule has 2 aromatic heterocycles. The fourth-order valence-corrected chi connectivity index (χ4v) is 3.12. The van der Waals surface area contributed by atoms with Crippen LogP contribution in [0.25, 0.3) is 0 Å². The first kappa shape index (κ1) is 19.9. The predicted molar refractivity (Wildman–Crippen MR) is 114 cm³/mol. The van der Waals surface area contributed by atoms with E-state index in [1.54, 1.807) is 9.36 Å². The summed E-state index contributed by atoms with van der Waals surface area (Å²) in [6.07, 6.45) is 1.85. The first-order valence-electron chi connectivity index (χ1n) is 8.00. The number of rotatable bonds is 4. The summed E-state index contributed by atoms with van der Waals surface area (Å²) in [5.41, 5.74) is 2.42. The maximum Gasteiger partial charge on any atom is 0.162 e. The minimum atomic E-state index is 0.722. The van der Waals surface area contributed by atoms with Crippen molar-refractivity contribution >= 4 is 47.8 Å². The van der Waals surface area contributed by atoms with Crippen molar-refractivity contribution in [3.8, 4) is 0 Å². The van der Waals surface area contributed by atoms with Gasteiger partial charge in [-0.05, 0) is 58.9 Å². The van der Waals surface area contributed by atoms with Gasteiger partial charge in [-0.15, -0.1) is 10.2 Å². The van der Waals surface area contributed by atoms with Crippen LogP contribution < -0.4 is 0 Å². The summed E-state index contributed by atoms with van der Waals surface area (Å²) in [5, 5.41) is 15.7. The Morgan fingerprint density at radius 3 is 1.78 bits per heavy atom. The molecule has 9 heteroatoms. The van der Waals surface area contributed by atoms with Gasteiger partial charge in [0, 0.05) is 0 Å². The Kier molecular flexibility index (Phi) is 7.31. The summed E-state index contributed by atoms with van der Waals surface area (Å²) in [5.74, 6) is 0. The molecular formula is C18H15Br3N6. The minimum Gasteiger partial charge on any atom is -0.247 e. The fraction of sp³-hybridized carbons (Fsp3) is 0.111. The van der Waals surface area contributed by atoms with E-state index in [0.717, 1.165) is 26.9 Å². The molecule has 0 fully saturated rings. The van der Waals surface area contributed by atoms with Crippen LogP contribution in [0, 0.1) is 0 Å². The maximum absolute atomic E-state index is 3.98. The zero-order valence-electron chi connectivity index (χ0n) is 14.1. The van der Waals surface area contributed by atoms with Gasteiger partial charge >= 0.3 is 0 Å². The molecular weight excluding hydrogens is 540 g/mol. The van der Waals surface area contributed by atoms with Crippen molar-refractivity contribution in [1.82, 2.24) is 30.0 Å². The second-order valence-electron chi connectivity index (χ2n) is 5.54. The lowest BCUT2D eigenvalue weighted by Gasteiger charge is -2.01. The minimum absolute atomic E-state index is 0.722. The second kappa shape index (κ2) is 9.91. The molecule has 0 aliphatic rings. The summed E-state index contributed by atoms with van der Waals surface area (Å²) in [6, 6.07) is 20.3. The van der Waals surface area contributed by atoms with Crippen molar-refractivity contribution in [3.05, 3.63) is 91.8 Å². The van der Waals surface area contributed by atoms with Crippen molar-refractivity contribution in [2.24, 2.45) is 0 Å². The molecule has 0 radical (unpaired) electrons. The molecule has 0 amide bonds. The standard InChI is InChI=1S/C9H7Br2N3.C9H8BrN3/c10-8-9(11)14(13-12-8)6-7-4-2-1-3-5-7;10-9-7-13(12-11-9)6-8-4-2-1-3-5-8/h1-5H,6H2;1-5,7H,6H2. The van der Waals surface area contributed by atoms with Crippen LogP contribution in [-0.2, 0) is 13.1 Å². The number of hydrogen-bond donors (Lipinski definition) is 0. The summed E-state index contributed by atoms with van der Waals surface area (Å²) < 4.78 is 5.94. The molecule has 6 nitrogen and oxygen atoms in total. The van der Waals surface area contributed by atoms with Crippen LogP contribution in [-0.4, -0.2) is 30.0 Å². The average molecular weight is 555 g/mol. The zero-order chi connectivity index (χ0) is 19.1. The molecule has 0 unspecified atom stereocenters. The van der Waals surface area contributed by atoms with Crippen LogP contribution in [0.1, 0.15) is 11.1 Å². The molecule has 4 rings (SSSR count). The largest absolute Gasteiger partial charge is 0.247 e. The molecule has 0 N–H and O–H groups in total. The quantitative estimate of drug-likeness (QED) is 0.358. The third-order valence-electron chi connectivity index (χ3n) is 3.51. The third-order valence-corrected chi connectivity index (χ3v) is 5.73. The molecule has 0 atom stereocenters. The summed E-state index contributed by atoms with van der Waals surface area (Å²) in [7, 11) is 0. The summed E-state index contributed by atoms with van der Waals surface area (Å²) >= 11 is 9.94. The molecule has 0 bridgehead atoms. The van der Waals surface area contributed by atoms with Crippen LogP contribution >= 0.6 is 47.8 Å². The molecule has 27 heavy (non-hydrogen) atoms. The lowest BCUT2D eigenvalue weighted by Crippen LogP contribution is -2.01. The van der Waals surface area contributed by atoms with Crippen molar-refractivity contribution in [1.29, 1.82) is 0 Å². The Morgan fingerprint density at radius 1 is 0.704 bits per heavy atom. The van der Waals surface area contributed by atoms with E-state index in [1.807, 2.05) is 42.6 Å².